The number of carbonyl (C=O) groups excluding carboxylic acids is 5. The Hall–Kier alpha value is -8.99. The van der Waals surface area contributed by atoms with Crippen LogP contribution >= 0.6 is 23.5 Å². The zero-order valence-electron chi connectivity index (χ0n) is 61.8. The third-order valence-corrected chi connectivity index (χ3v) is 24.0. The number of imidazole rings is 1. The normalized spacial score (nSPS) is 18.2. The van der Waals surface area contributed by atoms with Gasteiger partial charge in [-0.3, -0.25) is 23.5 Å². The lowest BCUT2D eigenvalue weighted by atomic mass is 10.0. The molecule has 11 rings (SSSR count). The number of urea groups is 2. The number of hydrogen-bond acceptors (Lipinski definition) is 21. The van der Waals surface area contributed by atoms with Crippen molar-refractivity contribution >= 4 is 97.0 Å². The quantitative estimate of drug-likeness (QED) is 0.0188. The summed E-state index contributed by atoms with van der Waals surface area (Å²) in [7, 11) is -1.04. The van der Waals surface area contributed by atoms with Crippen molar-refractivity contribution in [1.29, 1.82) is 0 Å². The average Bonchev–Trinajstić information content (AvgIpc) is 1.59. The largest absolute Gasteiger partial charge is 0.465 e. The van der Waals surface area contributed by atoms with Crippen molar-refractivity contribution in [3.8, 4) is 11.1 Å². The molecule has 0 unspecified atom stereocenters. The molecule has 110 heavy (non-hydrogen) atoms. The third-order valence-electron chi connectivity index (χ3n) is 19.2. The molecule has 4 aliphatic rings. The highest BCUT2D eigenvalue weighted by Crippen LogP contribution is 2.38. The predicted molar refractivity (Wildman–Crippen MR) is 409 cm³/mol. The number of aromatic nitrogens is 9. The fraction of sp³-hybridized carbons (Fsp3) is 0.542. The van der Waals surface area contributed by atoms with E-state index in [9.17, 15) is 42.0 Å². The molecule has 4 aromatic heterocycles. The number of benzene rings is 3. The van der Waals surface area contributed by atoms with E-state index in [-0.39, 0.29) is 91.3 Å². The van der Waals surface area contributed by atoms with E-state index >= 15 is 4.39 Å². The Morgan fingerprint density at radius 1 is 0.636 bits per heavy atom. The Labute approximate surface area is 643 Å². The van der Waals surface area contributed by atoms with Crippen LogP contribution in [0.15, 0.2) is 94.7 Å². The van der Waals surface area contributed by atoms with Crippen molar-refractivity contribution in [2.45, 2.75) is 131 Å². The van der Waals surface area contributed by atoms with Gasteiger partial charge in [0.15, 0.2) is 0 Å². The minimum absolute atomic E-state index is 0.0146. The van der Waals surface area contributed by atoms with E-state index in [2.05, 4.69) is 63.2 Å². The van der Waals surface area contributed by atoms with Gasteiger partial charge >= 0.3 is 23.8 Å². The summed E-state index contributed by atoms with van der Waals surface area (Å²) in [5.41, 5.74) is 4.09. The zero-order chi connectivity index (χ0) is 77.5. The van der Waals surface area contributed by atoms with Gasteiger partial charge in [0.1, 0.15) is 17.2 Å². The first-order valence-electron chi connectivity index (χ1n) is 36.9. The van der Waals surface area contributed by atoms with Gasteiger partial charge in [-0.2, -0.15) is 23.5 Å². The van der Waals surface area contributed by atoms with Gasteiger partial charge in [-0.05, 0) is 92.8 Å². The summed E-state index contributed by atoms with van der Waals surface area (Å²) in [5, 5.41) is 50.6. The van der Waals surface area contributed by atoms with Gasteiger partial charge in [0.25, 0.3) is 5.91 Å². The number of nitrogens with one attached hydrogen (secondary N) is 8. The number of carboxylic acid groups (broad SMARTS) is 1. The maximum atomic E-state index is 15.6. The SMILES string of the molecule is Cc1c(-c2cccc(S(=O)(=O)N(C)C)c2)c2cc(C(=O)Nc3ccc4c(c3)n(Cc3cn(CCOCCOCCOCCNC(=O)CCCC[C@H]5SC[C@H]6NC(=O)N[C@H]65)nn3)c(=O)n4Cc3cn(CCOCCOCCOCCNC(=O)CCCC[C@@H]4SC[C@@H]5NC(=O)N[C@@H]54)nn3)ccc2n1C/C(F)=C/CNC(=O)O. The van der Waals surface area contributed by atoms with Gasteiger partial charge in [0.05, 0.1) is 164 Å². The summed E-state index contributed by atoms with van der Waals surface area (Å²) in [6, 6.07) is 16.8. The number of unbranched alkanes of at least 4 members (excludes halogenated alkanes) is 2. The minimum Gasteiger partial charge on any atom is -0.465 e. The molecule has 4 saturated heterocycles. The van der Waals surface area contributed by atoms with Crippen molar-refractivity contribution in [2.75, 3.05) is 130 Å². The molecule has 0 spiro atoms. The Kier molecular flexibility index (Phi) is 30.0. The second kappa shape index (κ2) is 40.3. The van der Waals surface area contributed by atoms with Crippen LogP contribution in [0.4, 0.5) is 24.5 Å². The van der Waals surface area contributed by atoms with Crippen LogP contribution < -0.4 is 48.2 Å². The molecule has 0 saturated carbocycles. The molecule has 3 aromatic carbocycles. The van der Waals surface area contributed by atoms with Crippen LogP contribution in [0.2, 0.25) is 0 Å². The smallest absolute Gasteiger partial charge is 0.404 e. The van der Waals surface area contributed by atoms with Crippen LogP contribution in [0.1, 0.15) is 78.8 Å². The maximum absolute atomic E-state index is 15.6. The molecular weight excluding hydrogens is 1490 g/mol. The minimum atomic E-state index is -3.88. The number of carbonyl (C=O) groups is 6. The third kappa shape index (κ3) is 22.6. The van der Waals surface area contributed by atoms with Crippen LogP contribution in [-0.2, 0) is 80.8 Å². The first kappa shape index (κ1) is 82.0. The number of sulfonamides is 1. The molecular formula is C72H97FN18O16S3. The Bertz CT molecular complexity index is 4530. The highest BCUT2D eigenvalue weighted by molar-refractivity contribution is 8.00. The standard InChI is InChI=1S/C72H97FN18O16S3/c1-47-65(48-9-8-10-54(37-48)110(100,101)86(2)3)55-38-49(15-17-58(55)89(47)40-50(73)19-20-76-71(97)98)68(94)77-51-16-18-59-60(39-51)91(44-53-42-88(85-83-53)24-28-105-32-36-107-34-30-103-26-22-75-64(93)14-7-5-12-62-67-57(46-109-62)79-70(96)81-67)72(99)90(59)43-52-41-87(84-82-52)23-27-104-31-35-106-33-29-102-25-21-74-63(92)13-6-4-11-61-66-56(45-108-61)78-69(95)80-66/h8-10,15-19,37-39,41-42,56-57,61-62,66-67,76H,4-7,11-14,20-36,40,43-46H2,1-3H3,(H,74,92)(H,75,93)(H,77,94)(H,97,98)(H2,78,80,95)(H2,79,81,96)/b50-19-/t56-,57+,61-,62+,66-,67+/m0/s1. The molecule has 4 fully saturated rings. The molecule has 596 valence electrons. The summed E-state index contributed by atoms with van der Waals surface area (Å²) in [6.45, 7) is 6.66. The van der Waals surface area contributed by atoms with Gasteiger partial charge in [0, 0.05) is 102 Å². The molecule has 4 aliphatic heterocycles. The average molecular weight is 1590 g/mol. The van der Waals surface area contributed by atoms with Crippen molar-refractivity contribution < 1.29 is 75.1 Å². The fourth-order valence-corrected chi connectivity index (χ4v) is 17.6. The Balaban J connectivity index is 0.665. The van der Waals surface area contributed by atoms with E-state index in [1.165, 1.54) is 30.8 Å². The van der Waals surface area contributed by atoms with Crippen LogP contribution in [0.5, 0.6) is 0 Å². The summed E-state index contributed by atoms with van der Waals surface area (Å²) >= 11 is 3.74. The lowest BCUT2D eigenvalue weighted by molar-refractivity contribution is -0.122. The molecule has 6 atom stereocenters. The van der Waals surface area contributed by atoms with Crippen molar-refractivity contribution in [3.63, 3.8) is 0 Å². The summed E-state index contributed by atoms with van der Waals surface area (Å²) in [6.07, 6.45) is 9.43. The molecule has 38 heteroatoms. The van der Waals surface area contributed by atoms with E-state index in [1.807, 2.05) is 23.5 Å². The van der Waals surface area contributed by atoms with Crippen molar-refractivity contribution in [2.24, 2.45) is 0 Å². The number of fused-ring (bicyclic) bond motifs is 4. The second-order valence-electron chi connectivity index (χ2n) is 27.1. The molecule has 8 heterocycles. The molecule has 0 radical (unpaired) electrons. The highest BCUT2D eigenvalue weighted by Gasteiger charge is 2.44. The first-order chi connectivity index (χ1) is 53.3. The molecule has 0 aliphatic carbocycles. The van der Waals surface area contributed by atoms with Gasteiger partial charge in [0.2, 0.25) is 21.8 Å². The van der Waals surface area contributed by atoms with E-state index in [0.717, 1.165) is 60.4 Å². The second-order valence-corrected chi connectivity index (χ2v) is 31.8. The number of rotatable bonds is 47. The number of amides is 8. The Morgan fingerprint density at radius 2 is 1.16 bits per heavy atom. The van der Waals surface area contributed by atoms with Gasteiger partial charge in [-0.15, -0.1) is 10.2 Å². The molecule has 8 amide bonds. The van der Waals surface area contributed by atoms with Gasteiger partial charge in [-0.1, -0.05) is 35.4 Å². The predicted octanol–water partition coefficient (Wildman–Crippen LogP) is 4.42. The highest BCUT2D eigenvalue weighted by atomic mass is 32.2. The topological polar surface area (TPSA) is 405 Å². The van der Waals surface area contributed by atoms with Crippen LogP contribution in [-0.4, -0.2) is 257 Å². The number of nitrogens with zero attached hydrogens (tertiary/aromatic N) is 10. The summed E-state index contributed by atoms with van der Waals surface area (Å²) in [4.78, 5) is 88.4. The van der Waals surface area contributed by atoms with Crippen LogP contribution in [0.3, 0.4) is 0 Å². The first-order valence-corrected chi connectivity index (χ1v) is 40.5. The van der Waals surface area contributed by atoms with Gasteiger partial charge < -0.3 is 80.6 Å². The number of anilines is 1. The molecule has 0 bridgehead atoms. The summed E-state index contributed by atoms with van der Waals surface area (Å²) in [5.74, 6) is 0.622. The maximum Gasteiger partial charge on any atom is 0.404 e. The van der Waals surface area contributed by atoms with E-state index < -0.39 is 33.5 Å². The molecule has 34 nitrogen and oxygen atoms in total. The van der Waals surface area contributed by atoms with E-state index in [4.69, 9.17) is 33.5 Å². The Morgan fingerprint density at radius 3 is 1.71 bits per heavy atom. The summed E-state index contributed by atoms with van der Waals surface area (Å²) < 4.78 is 85.6. The lowest BCUT2D eigenvalue weighted by Crippen LogP contribution is -2.36. The fourth-order valence-electron chi connectivity index (χ4n) is 13.6. The van der Waals surface area contributed by atoms with Gasteiger partial charge in [-0.25, -0.2) is 45.7 Å². The monoisotopic (exact) mass is 1580 g/mol. The number of ether oxygens (including phenoxy) is 6. The molecule has 9 N–H and O–H groups in total. The van der Waals surface area contributed by atoms with E-state index in [1.54, 1.807) is 86.3 Å². The number of halogens is 1. The molecule has 7 aromatic rings. The zero-order valence-corrected chi connectivity index (χ0v) is 64.3. The van der Waals surface area contributed by atoms with E-state index in [0.29, 0.717) is 178 Å². The van der Waals surface area contributed by atoms with Crippen molar-refractivity contribution in [1.82, 2.24) is 85.2 Å². The van der Waals surface area contributed by atoms with Crippen LogP contribution in [0, 0.1) is 6.92 Å². The number of hydrogen-bond donors (Lipinski definition) is 9. The van der Waals surface area contributed by atoms with Crippen molar-refractivity contribution in [3.05, 3.63) is 118 Å². The number of thioether (sulfide) groups is 2. The lowest BCUT2D eigenvalue weighted by Gasteiger charge is -2.16. The number of allylic oxidation sites excluding steroid dienone is 1. The van der Waals surface area contributed by atoms with Crippen LogP contribution in [0.25, 0.3) is 33.1 Å².